The van der Waals surface area contributed by atoms with Gasteiger partial charge in [-0.15, -0.1) is 0 Å². The summed E-state index contributed by atoms with van der Waals surface area (Å²) in [5.74, 6) is -0.792. The van der Waals surface area contributed by atoms with Crippen LogP contribution in [0.4, 0.5) is 0 Å². The zero-order valence-electron chi connectivity index (χ0n) is 11.7. The van der Waals surface area contributed by atoms with Gasteiger partial charge in [-0.3, -0.25) is 4.79 Å². The van der Waals surface area contributed by atoms with Gasteiger partial charge < -0.3 is 9.67 Å². The van der Waals surface area contributed by atoms with Gasteiger partial charge in [0.2, 0.25) is 0 Å². The SMILES string of the molecule is CCc1ccc(Cn2cc(C)nc2SCC(=O)O)cc1. The van der Waals surface area contributed by atoms with Crippen molar-refractivity contribution in [3.05, 3.63) is 47.3 Å². The minimum Gasteiger partial charge on any atom is -0.481 e. The second-order valence-corrected chi connectivity index (χ2v) is 5.59. The molecule has 2 rings (SSSR count). The molecule has 1 N–H and O–H groups in total. The fourth-order valence-electron chi connectivity index (χ4n) is 1.96. The van der Waals surface area contributed by atoms with E-state index in [4.69, 9.17) is 5.11 Å². The maximum Gasteiger partial charge on any atom is 0.313 e. The number of imidazole rings is 1. The van der Waals surface area contributed by atoms with Crippen molar-refractivity contribution in [1.29, 1.82) is 0 Å². The van der Waals surface area contributed by atoms with Crippen LogP contribution in [-0.4, -0.2) is 26.4 Å². The number of aliphatic carboxylic acids is 1. The first-order chi connectivity index (χ1) is 9.58. The van der Waals surface area contributed by atoms with Crippen molar-refractivity contribution in [3.8, 4) is 0 Å². The molecule has 20 heavy (non-hydrogen) atoms. The van der Waals surface area contributed by atoms with Crippen molar-refractivity contribution >= 4 is 17.7 Å². The Hall–Kier alpha value is -1.75. The number of carboxylic acid groups (broad SMARTS) is 1. The third-order valence-corrected chi connectivity index (χ3v) is 3.94. The van der Waals surface area contributed by atoms with Gasteiger partial charge in [-0.1, -0.05) is 43.0 Å². The maximum atomic E-state index is 10.7. The smallest absolute Gasteiger partial charge is 0.313 e. The van der Waals surface area contributed by atoms with Gasteiger partial charge in [-0.25, -0.2) is 4.98 Å². The quantitative estimate of drug-likeness (QED) is 0.831. The number of rotatable bonds is 6. The first-order valence-electron chi connectivity index (χ1n) is 6.54. The number of nitrogens with zero attached hydrogens (tertiary/aromatic N) is 2. The fourth-order valence-corrected chi connectivity index (χ4v) is 2.70. The van der Waals surface area contributed by atoms with Gasteiger partial charge >= 0.3 is 5.97 Å². The van der Waals surface area contributed by atoms with E-state index in [1.165, 1.54) is 22.9 Å². The molecule has 1 heterocycles. The lowest BCUT2D eigenvalue weighted by atomic mass is 10.1. The van der Waals surface area contributed by atoms with E-state index in [1.54, 1.807) is 0 Å². The Morgan fingerprint density at radius 3 is 2.55 bits per heavy atom. The Labute approximate surface area is 122 Å². The predicted octanol–water partition coefficient (Wildman–Crippen LogP) is 2.98. The van der Waals surface area contributed by atoms with Crippen LogP contribution in [0, 0.1) is 6.92 Å². The number of aromatic nitrogens is 2. The number of hydrogen-bond acceptors (Lipinski definition) is 3. The van der Waals surface area contributed by atoms with Gasteiger partial charge in [-0.05, 0) is 24.5 Å². The molecule has 0 amide bonds. The van der Waals surface area contributed by atoms with E-state index in [0.717, 1.165) is 17.3 Å². The molecule has 0 spiro atoms. The zero-order valence-corrected chi connectivity index (χ0v) is 12.5. The summed E-state index contributed by atoms with van der Waals surface area (Å²) in [5.41, 5.74) is 3.41. The topological polar surface area (TPSA) is 55.1 Å². The van der Waals surface area contributed by atoms with Crippen LogP contribution < -0.4 is 0 Å². The molecule has 2 aromatic rings. The van der Waals surface area contributed by atoms with Crippen LogP contribution in [-0.2, 0) is 17.8 Å². The molecule has 1 aromatic carbocycles. The van der Waals surface area contributed by atoms with Gasteiger partial charge in [0.15, 0.2) is 5.16 Å². The van der Waals surface area contributed by atoms with E-state index in [1.807, 2.05) is 17.7 Å². The monoisotopic (exact) mass is 290 g/mol. The Morgan fingerprint density at radius 2 is 1.95 bits per heavy atom. The predicted molar refractivity (Wildman–Crippen MR) is 80.2 cm³/mol. The lowest BCUT2D eigenvalue weighted by molar-refractivity contribution is -0.133. The molecule has 0 unspecified atom stereocenters. The van der Waals surface area contributed by atoms with Crippen LogP contribution in [0.25, 0.3) is 0 Å². The summed E-state index contributed by atoms with van der Waals surface area (Å²) in [7, 11) is 0. The van der Waals surface area contributed by atoms with Gasteiger partial charge in [0, 0.05) is 12.7 Å². The maximum absolute atomic E-state index is 10.7. The highest BCUT2D eigenvalue weighted by Gasteiger charge is 2.09. The molecule has 0 fully saturated rings. The van der Waals surface area contributed by atoms with Crippen molar-refractivity contribution in [2.75, 3.05) is 5.75 Å². The summed E-state index contributed by atoms with van der Waals surface area (Å²) in [6, 6.07) is 8.48. The second-order valence-electron chi connectivity index (χ2n) is 4.65. The highest BCUT2D eigenvalue weighted by Crippen LogP contribution is 2.19. The summed E-state index contributed by atoms with van der Waals surface area (Å²) in [4.78, 5) is 15.0. The number of carboxylic acids is 1. The number of benzene rings is 1. The molecule has 0 bridgehead atoms. The minimum absolute atomic E-state index is 0.0330. The molecule has 106 valence electrons. The van der Waals surface area contributed by atoms with Crippen molar-refractivity contribution in [2.45, 2.75) is 32.0 Å². The molecule has 0 radical (unpaired) electrons. The summed E-state index contributed by atoms with van der Waals surface area (Å²) >= 11 is 1.26. The van der Waals surface area contributed by atoms with E-state index in [0.29, 0.717) is 6.54 Å². The molecule has 0 aliphatic rings. The van der Waals surface area contributed by atoms with E-state index >= 15 is 0 Å². The lowest BCUT2D eigenvalue weighted by Crippen LogP contribution is -2.03. The Morgan fingerprint density at radius 1 is 1.30 bits per heavy atom. The molecule has 4 nitrogen and oxygen atoms in total. The molecular formula is C15H18N2O2S. The van der Waals surface area contributed by atoms with Crippen molar-refractivity contribution in [1.82, 2.24) is 9.55 Å². The van der Waals surface area contributed by atoms with E-state index in [-0.39, 0.29) is 5.75 Å². The Kier molecular flexibility index (Phi) is 4.84. The van der Waals surface area contributed by atoms with Crippen LogP contribution >= 0.6 is 11.8 Å². The molecular weight excluding hydrogens is 272 g/mol. The van der Waals surface area contributed by atoms with Gasteiger partial charge in [0.25, 0.3) is 0 Å². The summed E-state index contributed by atoms with van der Waals surface area (Å²) in [6.07, 6.45) is 2.99. The van der Waals surface area contributed by atoms with Crippen LogP contribution in [0.2, 0.25) is 0 Å². The lowest BCUT2D eigenvalue weighted by Gasteiger charge is -2.07. The third-order valence-electron chi connectivity index (χ3n) is 2.97. The summed E-state index contributed by atoms with van der Waals surface area (Å²) in [6.45, 7) is 4.77. The van der Waals surface area contributed by atoms with Crippen LogP contribution in [0.3, 0.4) is 0 Å². The molecule has 0 saturated heterocycles. The Balaban J connectivity index is 2.12. The third kappa shape index (κ3) is 3.87. The molecule has 5 heteroatoms. The van der Waals surface area contributed by atoms with Crippen molar-refractivity contribution in [2.24, 2.45) is 0 Å². The molecule has 0 saturated carbocycles. The number of hydrogen-bond donors (Lipinski definition) is 1. The first kappa shape index (κ1) is 14.7. The fraction of sp³-hybridized carbons (Fsp3) is 0.333. The highest BCUT2D eigenvalue weighted by molar-refractivity contribution is 7.99. The van der Waals surface area contributed by atoms with Crippen molar-refractivity contribution < 1.29 is 9.90 Å². The van der Waals surface area contributed by atoms with E-state index in [2.05, 4.69) is 36.2 Å². The highest BCUT2D eigenvalue weighted by atomic mass is 32.2. The van der Waals surface area contributed by atoms with Gasteiger partial charge in [-0.2, -0.15) is 0 Å². The van der Waals surface area contributed by atoms with Crippen molar-refractivity contribution in [3.63, 3.8) is 0 Å². The number of carbonyl (C=O) groups is 1. The standard InChI is InChI=1S/C15H18N2O2S/c1-3-12-4-6-13(7-5-12)9-17-8-11(2)16-15(17)20-10-14(18)19/h4-8H,3,9-10H2,1-2H3,(H,18,19). The molecule has 0 atom stereocenters. The average molecular weight is 290 g/mol. The molecule has 1 aromatic heterocycles. The van der Waals surface area contributed by atoms with E-state index in [9.17, 15) is 4.79 Å². The minimum atomic E-state index is -0.825. The summed E-state index contributed by atoms with van der Waals surface area (Å²) < 4.78 is 2.00. The largest absolute Gasteiger partial charge is 0.481 e. The van der Waals surface area contributed by atoms with E-state index < -0.39 is 5.97 Å². The zero-order chi connectivity index (χ0) is 14.5. The number of thioether (sulfide) groups is 1. The normalized spacial score (nSPS) is 10.7. The van der Waals surface area contributed by atoms with Gasteiger partial charge in [0.05, 0.1) is 11.4 Å². The van der Waals surface area contributed by atoms with Crippen LogP contribution in [0.5, 0.6) is 0 Å². The van der Waals surface area contributed by atoms with Gasteiger partial charge in [0.1, 0.15) is 0 Å². The average Bonchev–Trinajstić information content (AvgIpc) is 2.77. The van der Waals surface area contributed by atoms with Crippen LogP contribution in [0.15, 0.2) is 35.6 Å². The first-order valence-corrected chi connectivity index (χ1v) is 7.53. The van der Waals surface area contributed by atoms with Crippen LogP contribution in [0.1, 0.15) is 23.7 Å². The second kappa shape index (κ2) is 6.61. The molecule has 0 aliphatic carbocycles. The summed E-state index contributed by atoms with van der Waals surface area (Å²) in [5, 5.41) is 9.52. The number of aryl methyl sites for hydroxylation is 2. The molecule has 0 aliphatic heterocycles. The Bertz CT molecular complexity index is 590.